The molecule has 20 heavy (non-hydrogen) atoms. The maximum Gasteiger partial charge on any atom is 0.225 e. The number of nitrogens with zero attached hydrogens (tertiary/aromatic N) is 3. The molecule has 0 unspecified atom stereocenters. The summed E-state index contributed by atoms with van der Waals surface area (Å²) in [6, 6.07) is 5.50. The first-order chi connectivity index (χ1) is 9.60. The van der Waals surface area contributed by atoms with E-state index in [9.17, 15) is 0 Å². The first-order valence-electron chi connectivity index (χ1n) is 5.79. The van der Waals surface area contributed by atoms with Crippen LogP contribution < -0.4 is 16.2 Å². The highest BCUT2D eigenvalue weighted by Crippen LogP contribution is 2.31. The Labute approximate surface area is 124 Å². The van der Waals surface area contributed by atoms with E-state index >= 15 is 0 Å². The maximum absolute atomic E-state index is 5.64. The van der Waals surface area contributed by atoms with Crippen molar-refractivity contribution in [2.75, 3.05) is 31.8 Å². The van der Waals surface area contributed by atoms with Crippen molar-refractivity contribution in [2.45, 2.75) is 0 Å². The zero-order valence-corrected chi connectivity index (χ0v) is 12.4. The van der Waals surface area contributed by atoms with E-state index in [0.717, 1.165) is 4.47 Å². The number of hydrogen-bond donors (Lipinski definition) is 2. The molecular formula is C12H14BrN5O2. The summed E-state index contributed by atoms with van der Waals surface area (Å²) in [5, 5.41) is 0. The number of nitrogens with two attached hydrogens (primary N) is 2. The molecule has 1 heterocycles. The van der Waals surface area contributed by atoms with Crippen LogP contribution in [0.3, 0.4) is 0 Å². The summed E-state index contributed by atoms with van der Waals surface area (Å²) in [5.41, 5.74) is 11.9. The largest absolute Gasteiger partial charge is 0.490 e. The van der Waals surface area contributed by atoms with E-state index in [1.165, 1.54) is 0 Å². The van der Waals surface area contributed by atoms with Crippen LogP contribution in [0.4, 0.5) is 11.9 Å². The zero-order chi connectivity index (χ0) is 14.5. The van der Waals surface area contributed by atoms with E-state index < -0.39 is 0 Å². The van der Waals surface area contributed by atoms with E-state index in [1.54, 1.807) is 7.11 Å². The van der Waals surface area contributed by atoms with Crippen molar-refractivity contribution in [1.29, 1.82) is 0 Å². The van der Waals surface area contributed by atoms with Crippen LogP contribution in [-0.4, -0.2) is 35.3 Å². The number of hydrogen-bond acceptors (Lipinski definition) is 7. The topological polar surface area (TPSA) is 109 Å². The summed E-state index contributed by atoms with van der Waals surface area (Å²) in [6.07, 6.45) is 0. The molecule has 2 rings (SSSR count). The third-order valence-electron chi connectivity index (χ3n) is 2.40. The molecule has 1 aromatic carbocycles. The maximum atomic E-state index is 5.64. The van der Waals surface area contributed by atoms with Gasteiger partial charge in [-0.1, -0.05) is 15.9 Å². The molecule has 2 aromatic rings. The highest BCUT2D eigenvalue weighted by Gasteiger charge is 2.12. The molecule has 7 nitrogen and oxygen atoms in total. The van der Waals surface area contributed by atoms with Crippen molar-refractivity contribution < 1.29 is 9.47 Å². The summed E-state index contributed by atoms with van der Waals surface area (Å²) >= 11 is 3.40. The van der Waals surface area contributed by atoms with Crippen LogP contribution in [0.25, 0.3) is 11.4 Å². The third kappa shape index (κ3) is 3.55. The molecule has 106 valence electrons. The molecule has 0 radical (unpaired) electrons. The van der Waals surface area contributed by atoms with Gasteiger partial charge in [-0.2, -0.15) is 15.0 Å². The molecule has 0 saturated carbocycles. The van der Waals surface area contributed by atoms with Gasteiger partial charge < -0.3 is 20.9 Å². The Morgan fingerprint density at radius 3 is 2.45 bits per heavy atom. The van der Waals surface area contributed by atoms with Gasteiger partial charge in [-0.3, -0.25) is 0 Å². The lowest BCUT2D eigenvalue weighted by atomic mass is 10.2. The molecule has 8 heteroatoms. The molecule has 1 aromatic heterocycles. The van der Waals surface area contributed by atoms with Crippen molar-refractivity contribution in [1.82, 2.24) is 15.0 Å². The summed E-state index contributed by atoms with van der Waals surface area (Å²) in [6.45, 7) is 0.901. The summed E-state index contributed by atoms with van der Waals surface area (Å²) < 4.78 is 11.5. The minimum absolute atomic E-state index is 0.0651. The molecule has 4 N–H and O–H groups in total. The van der Waals surface area contributed by atoms with Crippen LogP contribution in [0.2, 0.25) is 0 Å². The van der Waals surface area contributed by atoms with E-state index in [0.29, 0.717) is 30.4 Å². The molecule has 0 fully saturated rings. The fourth-order valence-corrected chi connectivity index (χ4v) is 1.93. The van der Waals surface area contributed by atoms with Gasteiger partial charge in [0.15, 0.2) is 5.82 Å². The first kappa shape index (κ1) is 14.5. The molecular weight excluding hydrogens is 326 g/mol. The standard InChI is InChI=1S/C12H14BrN5O2/c1-19-4-5-20-9-3-2-7(13)6-8(9)10-16-11(14)18-12(15)17-10/h2-3,6H,4-5H2,1H3,(H4,14,15,16,17,18). The number of ether oxygens (including phenoxy) is 2. The fourth-order valence-electron chi connectivity index (χ4n) is 1.57. The Morgan fingerprint density at radius 1 is 1.10 bits per heavy atom. The van der Waals surface area contributed by atoms with Crippen molar-refractivity contribution in [3.05, 3.63) is 22.7 Å². The average Bonchev–Trinajstić information content (AvgIpc) is 2.39. The lowest BCUT2D eigenvalue weighted by molar-refractivity contribution is 0.146. The van der Waals surface area contributed by atoms with Crippen LogP contribution in [0, 0.1) is 0 Å². The quantitative estimate of drug-likeness (QED) is 0.794. The van der Waals surface area contributed by atoms with E-state index in [4.69, 9.17) is 20.9 Å². The van der Waals surface area contributed by atoms with Crippen LogP contribution in [0.5, 0.6) is 5.75 Å². The minimum Gasteiger partial charge on any atom is -0.490 e. The van der Waals surface area contributed by atoms with Gasteiger partial charge in [0.25, 0.3) is 0 Å². The molecule has 0 saturated heterocycles. The summed E-state index contributed by atoms with van der Waals surface area (Å²) in [4.78, 5) is 11.9. The summed E-state index contributed by atoms with van der Waals surface area (Å²) in [7, 11) is 1.61. The average molecular weight is 340 g/mol. The Kier molecular flexibility index (Phi) is 4.70. The predicted octanol–water partition coefficient (Wildman–Crippen LogP) is 1.49. The van der Waals surface area contributed by atoms with E-state index in [-0.39, 0.29) is 11.9 Å². The van der Waals surface area contributed by atoms with Crippen molar-refractivity contribution >= 4 is 27.8 Å². The number of benzene rings is 1. The normalized spacial score (nSPS) is 10.5. The van der Waals surface area contributed by atoms with Crippen molar-refractivity contribution in [3.63, 3.8) is 0 Å². The van der Waals surface area contributed by atoms with Crippen molar-refractivity contribution in [3.8, 4) is 17.1 Å². The Morgan fingerprint density at radius 2 is 1.80 bits per heavy atom. The molecule has 0 amide bonds. The molecule has 0 aliphatic carbocycles. The summed E-state index contributed by atoms with van der Waals surface area (Å²) in [5.74, 6) is 1.12. The number of nitrogen functional groups attached to an aromatic ring is 2. The van der Waals surface area contributed by atoms with Crippen LogP contribution >= 0.6 is 15.9 Å². The van der Waals surface area contributed by atoms with Gasteiger partial charge in [-0.15, -0.1) is 0 Å². The third-order valence-corrected chi connectivity index (χ3v) is 2.89. The Hall–Kier alpha value is -1.93. The lowest BCUT2D eigenvalue weighted by Gasteiger charge is -2.11. The van der Waals surface area contributed by atoms with Crippen LogP contribution in [0.1, 0.15) is 0 Å². The fraction of sp³-hybridized carbons (Fsp3) is 0.250. The van der Waals surface area contributed by atoms with Gasteiger partial charge in [-0.25, -0.2) is 0 Å². The molecule has 0 bridgehead atoms. The highest BCUT2D eigenvalue weighted by atomic mass is 79.9. The van der Waals surface area contributed by atoms with Crippen molar-refractivity contribution in [2.24, 2.45) is 0 Å². The smallest absolute Gasteiger partial charge is 0.225 e. The molecule has 0 atom stereocenters. The zero-order valence-electron chi connectivity index (χ0n) is 10.8. The van der Waals surface area contributed by atoms with Gasteiger partial charge in [0.1, 0.15) is 12.4 Å². The van der Waals surface area contributed by atoms with Crippen LogP contribution in [-0.2, 0) is 4.74 Å². The number of rotatable bonds is 5. The van der Waals surface area contributed by atoms with Gasteiger partial charge >= 0.3 is 0 Å². The molecule has 0 aliphatic rings. The van der Waals surface area contributed by atoms with Gasteiger partial charge in [0, 0.05) is 11.6 Å². The molecule has 0 aliphatic heterocycles. The van der Waals surface area contributed by atoms with Crippen LogP contribution in [0.15, 0.2) is 22.7 Å². The van der Waals surface area contributed by atoms with Gasteiger partial charge in [0.05, 0.1) is 12.2 Å². The second kappa shape index (κ2) is 6.49. The number of methoxy groups -OCH3 is 1. The SMILES string of the molecule is COCCOc1ccc(Br)cc1-c1nc(N)nc(N)n1. The number of anilines is 2. The predicted molar refractivity (Wildman–Crippen MR) is 79.2 cm³/mol. The first-order valence-corrected chi connectivity index (χ1v) is 6.58. The number of halogens is 1. The monoisotopic (exact) mass is 339 g/mol. The van der Waals surface area contributed by atoms with Gasteiger partial charge in [-0.05, 0) is 18.2 Å². The second-order valence-electron chi connectivity index (χ2n) is 3.86. The second-order valence-corrected chi connectivity index (χ2v) is 4.77. The Bertz CT molecular complexity index is 588. The highest BCUT2D eigenvalue weighted by molar-refractivity contribution is 9.10. The Balaban J connectivity index is 2.40. The number of aromatic nitrogens is 3. The van der Waals surface area contributed by atoms with Gasteiger partial charge in [0.2, 0.25) is 11.9 Å². The lowest BCUT2D eigenvalue weighted by Crippen LogP contribution is -2.07. The molecule has 0 spiro atoms. The van der Waals surface area contributed by atoms with E-state index in [2.05, 4.69) is 30.9 Å². The minimum atomic E-state index is 0.0651. The van der Waals surface area contributed by atoms with E-state index in [1.807, 2.05) is 18.2 Å².